The van der Waals surface area contributed by atoms with Crippen molar-refractivity contribution in [3.63, 3.8) is 0 Å². The van der Waals surface area contributed by atoms with Crippen molar-refractivity contribution in [2.45, 2.75) is 31.7 Å². The fourth-order valence-corrected chi connectivity index (χ4v) is 3.05. The first kappa shape index (κ1) is 13.1. The summed E-state index contributed by atoms with van der Waals surface area (Å²) in [4.78, 5) is 0. The van der Waals surface area contributed by atoms with Crippen LogP contribution in [0.1, 0.15) is 26.2 Å². The molecule has 1 aliphatic rings. The van der Waals surface area contributed by atoms with E-state index < -0.39 is 15.8 Å². The summed E-state index contributed by atoms with van der Waals surface area (Å²) in [6, 6.07) is 5.73. The maximum atomic E-state index is 11.8. The monoisotopic (exact) mass is 271 g/mol. The van der Waals surface area contributed by atoms with Gasteiger partial charge < -0.3 is 14.9 Å². The predicted octanol–water partition coefficient (Wildman–Crippen LogP) is 1.75. The van der Waals surface area contributed by atoms with E-state index in [0.717, 1.165) is 19.3 Å². The van der Waals surface area contributed by atoms with Crippen LogP contribution in [0.2, 0.25) is 0 Å². The van der Waals surface area contributed by atoms with Gasteiger partial charge in [-0.25, -0.2) is 0 Å². The molecule has 7 heteroatoms. The maximum Gasteiger partial charge on any atom is 0.383 e. The molecule has 1 aromatic carbocycles. The van der Waals surface area contributed by atoms with Crippen LogP contribution in [0.25, 0.3) is 0 Å². The van der Waals surface area contributed by atoms with Gasteiger partial charge in [0.2, 0.25) is 0 Å². The Hall–Kier alpha value is -1.31. The largest absolute Gasteiger partial charge is 0.761 e. The molecule has 1 aromatic rings. The van der Waals surface area contributed by atoms with Crippen LogP contribution in [0.4, 0.5) is 5.69 Å². The first-order valence-electron chi connectivity index (χ1n) is 5.64. The lowest BCUT2D eigenvalue weighted by Gasteiger charge is -2.37. The third kappa shape index (κ3) is 3.12. The molecule has 1 aliphatic carbocycles. The minimum Gasteiger partial charge on any atom is -0.761 e. The first-order valence-corrected chi connectivity index (χ1v) is 7.05. The van der Waals surface area contributed by atoms with Crippen molar-refractivity contribution in [3.05, 3.63) is 29.5 Å². The van der Waals surface area contributed by atoms with Crippen LogP contribution >= 0.6 is 0 Å². The Morgan fingerprint density at radius 1 is 1.28 bits per heavy atom. The van der Waals surface area contributed by atoms with Gasteiger partial charge >= 0.3 is 10.3 Å². The Labute approximate surface area is 106 Å². The summed E-state index contributed by atoms with van der Waals surface area (Å²) in [5, 5.41) is 10.3. The topological polar surface area (TPSA) is 90.5 Å². The number of nitrogens with one attached hydrogen (secondary N) is 2. The summed E-state index contributed by atoms with van der Waals surface area (Å²) in [5.74, 6) is 0.171. The molecule has 100 valence electrons. The molecule has 2 N–H and O–H groups in total. The van der Waals surface area contributed by atoms with E-state index in [-0.39, 0.29) is 5.75 Å². The van der Waals surface area contributed by atoms with Gasteiger partial charge in [-0.05, 0) is 50.5 Å². The molecule has 2 rings (SSSR count). The summed E-state index contributed by atoms with van der Waals surface area (Å²) in [6.07, 6.45) is 2.64. The van der Waals surface area contributed by atoms with Gasteiger partial charge in [0, 0.05) is 11.2 Å². The van der Waals surface area contributed by atoms with E-state index in [4.69, 9.17) is 4.18 Å². The summed E-state index contributed by atoms with van der Waals surface area (Å²) in [5.41, 5.74) is 1.66. The van der Waals surface area contributed by atoms with Gasteiger partial charge in [-0.2, -0.15) is 13.1 Å². The van der Waals surface area contributed by atoms with Gasteiger partial charge in [0.25, 0.3) is 0 Å². The number of hydrogen-bond donors (Lipinski definition) is 2. The van der Waals surface area contributed by atoms with E-state index in [1.807, 2.05) is 6.92 Å². The van der Waals surface area contributed by atoms with Gasteiger partial charge in [0.1, 0.15) is 5.75 Å². The highest BCUT2D eigenvalue weighted by molar-refractivity contribution is 7.85. The van der Waals surface area contributed by atoms with E-state index in [1.54, 1.807) is 5.48 Å². The van der Waals surface area contributed by atoms with Crippen LogP contribution in [-0.4, -0.2) is 14.0 Å². The molecule has 0 bridgehead atoms. The van der Waals surface area contributed by atoms with Crippen LogP contribution in [0.5, 0.6) is 5.75 Å². The van der Waals surface area contributed by atoms with E-state index in [1.165, 1.54) is 24.3 Å². The molecule has 0 heterocycles. The van der Waals surface area contributed by atoms with Gasteiger partial charge in [-0.15, -0.1) is 0 Å². The van der Waals surface area contributed by atoms with Gasteiger partial charge in [-0.3, -0.25) is 0 Å². The lowest BCUT2D eigenvalue weighted by Crippen LogP contribution is -2.52. The molecule has 0 amide bonds. The van der Waals surface area contributed by atoms with Crippen molar-refractivity contribution < 1.29 is 12.6 Å². The van der Waals surface area contributed by atoms with Crippen molar-refractivity contribution in [3.8, 4) is 5.75 Å². The number of benzene rings is 1. The summed E-state index contributed by atoms with van der Waals surface area (Å²) in [6.45, 7) is 1.85. The van der Waals surface area contributed by atoms with Crippen molar-refractivity contribution in [2.24, 2.45) is 0 Å². The lowest BCUT2D eigenvalue weighted by molar-refractivity contribution is 0.241. The Balaban J connectivity index is 2.02. The molecule has 1 fully saturated rings. The number of anilines is 1. The van der Waals surface area contributed by atoms with Gasteiger partial charge in [0.15, 0.2) is 0 Å². The smallest absolute Gasteiger partial charge is 0.383 e. The Kier molecular flexibility index (Phi) is 3.47. The zero-order chi connectivity index (χ0) is 13.2. The Morgan fingerprint density at radius 3 is 2.33 bits per heavy atom. The second-order valence-corrected chi connectivity index (χ2v) is 5.96. The van der Waals surface area contributed by atoms with Crippen LogP contribution in [0.15, 0.2) is 24.3 Å². The SMILES string of the molecule is CC1(NS(=O)(=O)Oc2ccc(N[O-])cc2)CCC1. The van der Waals surface area contributed by atoms with Crippen molar-refractivity contribution in [1.82, 2.24) is 4.72 Å². The van der Waals surface area contributed by atoms with Crippen LogP contribution < -0.4 is 14.4 Å². The molecule has 6 nitrogen and oxygen atoms in total. The Bertz CT molecular complexity index is 508. The van der Waals surface area contributed by atoms with Crippen molar-refractivity contribution in [1.29, 1.82) is 0 Å². The number of rotatable bonds is 5. The van der Waals surface area contributed by atoms with Crippen LogP contribution in [0.3, 0.4) is 0 Å². The fourth-order valence-electron chi connectivity index (χ4n) is 1.84. The zero-order valence-electron chi connectivity index (χ0n) is 9.97. The molecule has 18 heavy (non-hydrogen) atoms. The average molecular weight is 271 g/mol. The number of hydrogen-bond acceptors (Lipinski definition) is 5. The molecular formula is C11H15N2O4S-. The second kappa shape index (κ2) is 4.75. The molecule has 0 aromatic heterocycles. The minimum absolute atomic E-state index is 0.171. The third-order valence-electron chi connectivity index (χ3n) is 3.01. The zero-order valence-corrected chi connectivity index (χ0v) is 10.8. The molecular weight excluding hydrogens is 256 g/mol. The summed E-state index contributed by atoms with van der Waals surface area (Å²) >= 11 is 0. The average Bonchev–Trinajstić information content (AvgIpc) is 2.27. The standard InChI is InChI=1S/C11H15N2O4S/c1-11(7-2-8-11)13-18(15,16)17-10-5-3-9(12-14)4-6-10/h3-6,12-13H,2,7-8H2,1H3/q-1. The molecule has 0 aliphatic heterocycles. The normalized spacial score (nSPS) is 17.9. The highest BCUT2D eigenvalue weighted by Gasteiger charge is 2.36. The van der Waals surface area contributed by atoms with E-state index in [2.05, 4.69) is 4.72 Å². The highest BCUT2D eigenvalue weighted by atomic mass is 32.2. The molecule has 0 spiro atoms. The van der Waals surface area contributed by atoms with Crippen LogP contribution in [0, 0.1) is 5.21 Å². The summed E-state index contributed by atoms with van der Waals surface area (Å²) in [7, 11) is -3.82. The molecule has 0 atom stereocenters. The molecule has 0 unspecified atom stereocenters. The molecule has 0 saturated heterocycles. The first-order chi connectivity index (χ1) is 8.42. The van der Waals surface area contributed by atoms with Crippen molar-refractivity contribution in [2.75, 3.05) is 5.48 Å². The summed E-state index contributed by atoms with van der Waals surface area (Å²) < 4.78 is 30.9. The van der Waals surface area contributed by atoms with E-state index >= 15 is 0 Å². The fraction of sp³-hybridized carbons (Fsp3) is 0.455. The van der Waals surface area contributed by atoms with E-state index in [0.29, 0.717) is 5.69 Å². The van der Waals surface area contributed by atoms with Gasteiger partial charge in [0.05, 0.1) is 0 Å². The molecule has 1 saturated carbocycles. The van der Waals surface area contributed by atoms with Crippen LogP contribution in [-0.2, 0) is 10.3 Å². The quantitative estimate of drug-likeness (QED) is 0.796. The Morgan fingerprint density at radius 2 is 1.89 bits per heavy atom. The molecule has 0 radical (unpaired) electrons. The van der Waals surface area contributed by atoms with Gasteiger partial charge in [-0.1, -0.05) is 0 Å². The second-order valence-electron chi connectivity index (χ2n) is 4.68. The van der Waals surface area contributed by atoms with E-state index in [9.17, 15) is 13.6 Å². The lowest BCUT2D eigenvalue weighted by atomic mass is 9.80. The highest BCUT2D eigenvalue weighted by Crippen LogP contribution is 2.32. The predicted molar refractivity (Wildman–Crippen MR) is 68.4 cm³/mol. The van der Waals surface area contributed by atoms with Crippen molar-refractivity contribution >= 4 is 16.0 Å². The minimum atomic E-state index is -3.82. The third-order valence-corrected chi connectivity index (χ3v) is 4.16. The maximum absolute atomic E-state index is 11.8.